The zero-order valence-electron chi connectivity index (χ0n) is 15.3. The molecule has 0 radical (unpaired) electrons. The van der Waals surface area contributed by atoms with E-state index < -0.39 is 0 Å². The van der Waals surface area contributed by atoms with Crippen molar-refractivity contribution in [1.82, 2.24) is 9.97 Å². The van der Waals surface area contributed by atoms with Crippen LogP contribution in [0.2, 0.25) is 0 Å². The van der Waals surface area contributed by atoms with Gasteiger partial charge in [0.25, 0.3) is 0 Å². The van der Waals surface area contributed by atoms with Crippen LogP contribution in [0.4, 0.5) is 23.0 Å². The van der Waals surface area contributed by atoms with Crippen LogP contribution in [0.1, 0.15) is 39.2 Å². The van der Waals surface area contributed by atoms with E-state index in [1.165, 1.54) is 17.7 Å². The normalized spacial score (nSPS) is 10.5. The van der Waals surface area contributed by atoms with E-state index in [-0.39, 0.29) is 0 Å². The molecule has 0 aliphatic carbocycles. The largest absolute Gasteiger partial charge is 0.372 e. The van der Waals surface area contributed by atoms with E-state index in [0.29, 0.717) is 0 Å². The van der Waals surface area contributed by atoms with Gasteiger partial charge in [-0.15, -0.1) is 0 Å². The average molecular weight is 327 g/mol. The number of nitrogens with one attached hydrogen (secondary N) is 2. The summed E-state index contributed by atoms with van der Waals surface area (Å²) in [5, 5.41) is 6.72. The van der Waals surface area contributed by atoms with Gasteiger partial charge in [0, 0.05) is 37.1 Å². The third kappa shape index (κ3) is 4.85. The van der Waals surface area contributed by atoms with Gasteiger partial charge in [0.05, 0.1) is 0 Å². The van der Waals surface area contributed by atoms with Crippen LogP contribution in [-0.2, 0) is 0 Å². The highest BCUT2D eigenvalue weighted by Gasteiger charge is 2.06. The van der Waals surface area contributed by atoms with E-state index >= 15 is 0 Å². The van der Waals surface area contributed by atoms with Gasteiger partial charge in [0.1, 0.15) is 18.0 Å². The summed E-state index contributed by atoms with van der Waals surface area (Å²) in [5.41, 5.74) is 3.54. The van der Waals surface area contributed by atoms with Crippen molar-refractivity contribution in [2.45, 2.75) is 40.5 Å². The highest BCUT2D eigenvalue weighted by atomic mass is 15.1. The molecule has 0 fully saturated rings. The van der Waals surface area contributed by atoms with Crippen molar-refractivity contribution in [3.63, 3.8) is 0 Å². The Bertz CT molecular complexity index is 637. The molecule has 0 saturated heterocycles. The van der Waals surface area contributed by atoms with Crippen molar-refractivity contribution in [2.75, 3.05) is 35.2 Å². The lowest BCUT2D eigenvalue weighted by molar-refractivity contribution is 0.830. The molecule has 2 aromatic rings. The lowest BCUT2D eigenvalue weighted by Crippen LogP contribution is -2.21. The molecular weight excluding hydrogens is 298 g/mol. The van der Waals surface area contributed by atoms with Crippen LogP contribution in [0.3, 0.4) is 0 Å². The van der Waals surface area contributed by atoms with Crippen molar-refractivity contribution < 1.29 is 0 Å². The van der Waals surface area contributed by atoms with Crippen LogP contribution in [0.25, 0.3) is 0 Å². The zero-order valence-corrected chi connectivity index (χ0v) is 15.3. The average Bonchev–Trinajstić information content (AvgIpc) is 2.59. The first-order valence-electron chi connectivity index (χ1n) is 8.86. The molecule has 2 rings (SSSR count). The summed E-state index contributed by atoms with van der Waals surface area (Å²) >= 11 is 0. The Labute approximate surface area is 145 Å². The number of rotatable bonds is 9. The summed E-state index contributed by atoms with van der Waals surface area (Å²) in [5.74, 6) is 1.67. The number of nitrogens with zero attached hydrogens (tertiary/aromatic N) is 3. The van der Waals surface area contributed by atoms with Gasteiger partial charge in [-0.1, -0.05) is 13.3 Å². The second-order valence-corrected chi connectivity index (χ2v) is 5.87. The molecule has 0 aliphatic heterocycles. The number of anilines is 4. The molecule has 0 amide bonds. The van der Waals surface area contributed by atoms with E-state index in [9.17, 15) is 0 Å². The monoisotopic (exact) mass is 327 g/mol. The standard InChI is InChI=1S/C19H29N5/c1-5-8-11-20-18-13-19(22-14-21-18)23-17-10-9-16(12-15(17)4)24(6-2)7-3/h9-10,12-14H,5-8,11H2,1-4H3,(H2,20,21,22,23). The summed E-state index contributed by atoms with van der Waals surface area (Å²) in [4.78, 5) is 10.9. The second kappa shape index (κ2) is 9.11. The molecule has 24 heavy (non-hydrogen) atoms. The molecule has 2 N–H and O–H groups in total. The second-order valence-electron chi connectivity index (χ2n) is 5.87. The minimum atomic E-state index is 0.808. The summed E-state index contributed by atoms with van der Waals surface area (Å²) in [6.45, 7) is 11.6. The number of unbranched alkanes of at least 4 members (excludes halogenated alkanes) is 1. The number of aryl methyl sites for hydroxylation is 1. The van der Waals surface area contributed by atoms with Crippen molar-refractivity contribution in [3.8, 4) is 0 Å². The quantitative estimate of drug-likeness (QED) is 0.660. The maximum atomic E-state index is 4.32. The Hall–Kier alpha value is -2.30. The van der Waals surface area contributed by atoms with Gasteiger partial charge < -0.3 is 15.5 Å². The van der Waals surface area contributed by atoms with Gasteiger partial charge in [0.15, 0.2) is 0 Å². The Morgan fingerprint density at radius 2 is 1.75 bits per heavy atom. The molecule has 0 aliphatic rings. The van der Waals surface area contributed by atoms with Crippen molar-refractivity contribution >= 4 is 23.0 Å². The SMILES string of the molecule is CCCCNc1cc(Nc2ccc(N(CC)CC)cc2C)ncn1. The minimum Gasteiger partial charge on any atom is -0.372 e. The fourth-order valence-electron chi connectivity index (χ4n) is 2.63. The van der Waals surface area contributed by atoms with E-state index in [1.807, 2.05) is 6.07 Å². The van der Waals surface area contributed by atoms with Gasteiger partial charge >= 0.3 is 0 Å². The van der Waals surface area contributed by atoms with Crippen LogP contribution in [0.15, 0.2) is 30.6 Å². The summed E-state index contributed by atoms with van der Waals surface area (Å²) in [7, 11) is 0. The summed E-state index contributed by atoms with van der Waals surface area (Å²) in [6, 6.07) is 8.45. The van der Waals surface area contributed by atoms with Crippen molar-refractivity contribution in [2.24, 2.45) is 0 Å². The fraction of sp³-hybridized carbons (Fsp3) is 0.474. The lowest BCUT2D eigenvalue weighted by atomic mass is 10.1. The Morgan fingerprint density at radius 1 is 1.00 bits per heavy atom. The van der Waals surface area contributed by atoms with E-state index in [1.54, 1.807) is 6.33 Å². The Balaban J connectivity index is 2.09. The van der Waals surface area contributed by atoms with Gasteiger partial charge in [-0.3, -0.25) is 0 Å². The predicted molar refractivity (Wildman–Crippen MR) is 103 cm³/mol. The maximum Gasteiger partial charge on any atom is 0.135 e. The van der Waals surface area contributed by atoms with Crippen LogP contribution >= 0.6 is 0 Å². The number of hydrogen-bond acceptors (Lipinski definition) is 5. The summed E-state index contributed by atoms with van der Waals surface area (Å²) < 4.78 is 0. The molecule has 0 unspecified atom stereocenters. The topological polar surface area (TPSA) is 53.1 Å². The Kier molecular flexibility index (Phi) is 6.85. The molecule has 1 heterocycles. The number of benzene rings is 1. The van der Waals surface area contributed by atoms with Crippen LogP contribution in [0.5, 0.6) is 0 Å². The van der Waals surface area contributed by atoms with E-state index in [2.05, 4.69) is 71.4 Å². The van der Waals surface area contributed by atoms with Gasteiger partial charge in [-0.2, -0.15) is 0 Å². The van der Waals surface area contributed by atoms with Crippen LogP contribution in [-0.4, -0.2) is 29.6 Å². The lowest BCUT2D eigenvalue weighted by Gasteiger charge is -2.22. The van der Waals surface area contributed by atoms with Crippen molar-refractivity contribution in [1.29, 1.82) is 0 Å². The van der Waals surface area contributed by atoms with E-state index in [4.69, 9.17) is 0 Å². The first-order chi connectivity index (χ1) is 11.7. The predicted octanol–water partition coefficient (Wildman–Crippen LogP) is 4.59. The molecule has 130 valence electrons. The third-order valence-electron chi connectivity index (χ3n) is 4.10. The maximum absolute atomic E-state index is 4.32. The molecule has 1 aromatic heterocycles. The smallest absolute Gasteiger partial charge is 0.135 e. The molecule has 1 aromatic carbocycles. The molecule has 0 saturated carbocycles. The Morgan fingerprint density at radius 3 is 2.42 bits per heavy atom. The first kappa shape index (κ1) is 18.0. The fourth-order valence-corrected chi connectivity index (χ4v) is 2.63. The highest BCUT2D eigenvalue weighted by molar-refractivity contribution is 5.66. The van der Waals surface area contributed by atoms with Gasteiger partial charge in [0.2, 0.25) is 0 Å². The summed E-state index contributed by atoms with van der Waals surface area (Å²) in [6.07, 6.45) is 3.90. The highest BCUT2D eigenvalue weighted by Crippen LogP contribution is 2.25. The molecule has 0 atom stereocenters. The first-order valence-corrected chi connectivity index (χ1v) is 8.86. The molecule has 0 spiro atoms. The molecular formula is C19H29N5. The zero-order chi connectivity index (χ0) is 17.4. The molecule has 5 heteroatoms. The van der Waals surface area contributed by atoms with Crippen LogP contribution < -0.4 is 15.5 Å². The van der Waals surface area contributed by atoms with Gasteiger partial charge in [-0.25, -0.2) is 9.97 Å². The van der Waals surface area contributed by atoms with Gasteiger partial charge in [-0.05, 0) is 51.0 Å². The minimum absolute atomic E-state index is 0.808. The molecule has 0 bridgehead atoms. The third-order valence-corrected chi connectivity index (χ3v) is 4.10. The van der Waals surface area contributed by atoms with E-state index in [0.717, 1.165) is 43.4 Å². The number of aromatic nitrogens is 2. The molecule has 5 nitrogen and oxygen atoms in total. The van der Waals surface area contributed by atoms with Crippen LogP contribution in [0, 0.1) is 6.92 Å². The van der Waals surface area contributed by atoms with Crippen molar-refractivity contribution in [3.05, 3.63) is 36.2 Å². The number of hydrogen-bond donors (Lipinski definition) is 2.